The van der Waals surface area contributed by atoms with Gasteiger partial charge in [-0.1, -0.05) is 12.1 Å². The smallest absolute Gasteiger partial charge is 0.387 e. The first-order valence-corrected chi connectivity index (χ1v) is 5.64. The Morgan fingerprint density at radius 3 is 1.90 bits per heavy atom. The average molecular weight is 286 g/mol. The van der Waals surface area contributed by atoms with Crippen LogP contribution in [-0.4, -0.2) is 11.7 Å². The van der Waals surface area contributed by atoms with Crippen molar-refractivity contribution in [1.29, 1.82) is 0 Å². The minimum Gasteiger partial charge on any atom is -0.435 e. The van der Waals surface area contributed by atoms with Crippen molar-refractivity contribution in [2.45, 2.75) is 12.7 Å². The van der Waals surface area contributed by atoms with Crippen molar-refractivity contribution in [2.24, 2.45) is 0 Å². The van der Waals surface area contributed by atoms with Crippen LogP contribution in [0.25, 0.3) is 0 Å². The highest BCUT2D eigenvalue weighted by atomic mass is 19.3. The lowest BCUT2D eigenvalue weighted by Gasteiger charge is -2.12. The molecule has 0 aromatic heterocycles. The number of hydrogen-bond donors (Lipinski definition) is 1. The number of halogens is 4. The zero-order valence-corrected chi connectivity index (χ0v) is 10.1. The molecular weight excluding hydrogens is 276 g/mol. The molecule has 2 rings (SSSR count). The predicted octanol–water partition coefficient (Wildman–Crippen LogP) is 3.65. The maximum atomic E-state index is 13.1. The van der Waals surface area contributed by atoms with E-state index in [1.54, 1.807) is 0 Å². The van der Waals surface area contributed by atoms with E-state index in [4.69, 9.17) is 0 Å². The molecule has 0 amide bonds. The van der Waals surface area contributed by atoms with E-state index in [2.05, 4.69) is 4.74 Å². The second-order valence-electron chi connectivity index (χ2n) is 4.05. The van der Waals surface area contributed by atoms with E-state index in [1.165, 1.54) is 24.3 Å². The number of rotatable bonds is 4. The SMILES string of the molecule is OC(c1ccc(OC(F)F)cc1)c1cc(F)cc(F)c1. The van der Waals surface area contributed by atoms with Gasteiger partial charge in [0.1, 0.15) is 23.5 Å². The van der Waals surface area contributed by atoms with Crippen LogP contribution in [0.15, 0.2) is 42.5 Å². The first-order valence-electron chi connectivity index (χ1n) is 5.64. The van der Waals surface area contributed by atoms with Crippen LogP contribution in [0.4, 0.5) is 17.6 Å². The molecule has 2 aromatic carbocycles. The van der Waals surface area contributed by atoms with Crippen molar-refractivity contribution in [3.8, 4) is 5.75 Å². The fraction of sp³-hybridized carbons (Fsp3) is 0.143. The van der Waals surface area contributed by atoms with Crippen LogP contribution in [0.1, 0.15) is 17.2 Å². The zero-order chi connectivity index (χ0) is 14.7. The number of ether oxygens (including phenoxy) is 1. The summed E-state index contributed by atoms with van der Waals surface area (Å²) >= 11 is 0. The number of hydrogen-bond acceptors (Lipinski definition) is 2. The third-order valence-corrected chi connectivity index (χ3v) is 2.62. The van der Waals surface area contributed by atoms with E-state index in [0.29, 0.717) is 11.6 Å². The summed E-state index contributed by atoms with van der Waals surface area (Å²) < 4.78 is 54.2. The van der Waals surface area contributed by atoms with E-state index in [0.717, 1.165) is 12.1 Å². The van der Waals surface area contributed by atoms with Gasteiger partial charge in [-0.15, -0.1) is 0 Å². The van der Waals surface area contributed by atoms with E-state index < -0.39 is 24.3 Å². The first kappa shape index (κ1) is 14.3. The average Bonchev–Trinajstić information content (AvgIpc) is 2.37. The molecule has 2 nitrogen and oxygen atoms in total. The molecule has 1 N–H and O–H groups in total. The van der Waals surface area contributed by atoms with Gasteiger partial charge in [0.25, 0.3) is 0 Å². The molecule has 1 unspecified atom stereocenters. The quantitative estimate of drug-likeness (QED) is 0.869. The molecule has 0 fully saturated rings. The molecule has 2 aromatic rings. The van der Waals surface area contributed by atoms with E-state index in [1.807, 2.05) is 0 Å². The maximum absolute atomic E-state index is 13.1. The minimum absolute atomic E-state index is 0.0324. The van der Waals surface area contributed by atoms with Gasteiger partial charge in [0.2, 0.25) is 0 Å². The fourth-order valence-electron chi connectivity index (χ4n) is 1.76. The van der Waals surface area contributed by atoms with E-state index in [-0.39, 0.29) is 11.3 Å². The fourth-order valence-corrected chi connectivity index (χ4v) is 1.76. The summed E-state index contributed by atoms with van der Waals surface area (Å²) in [7, 11) is 0. The summed E-state index contributed by atoms with van der Waals surface area (Å²) in [5, 5.41) is 9.99. The lowest BCUT2D eigenvalue weighted by molar-refractivity contribution is -0.0498. The van der Waals surface area contributed by atoms with Gasteiger partial charge in [-0.05, 0) is 35.4 Å². The van der Waals surface area contributed by atoms with Crippen molar-refractivity contribution >= 4 is 0 Å². The summed E-state index contributed by atoms with van der Waals surface area (Å²) in [6, 6.07) is 7.83. The Morgan fingerprint density at radius 2 is 1.40 bits per heavy atom. The molecule has 106 valence electrons. The molecule has 1 atom stereocenters. The molecular formula is C14H10F4O2. The van der Waals surface area contributed by atoms with Crippen LogP contribution < -0.4 is 4.74 Å². The Morgan fingerprint density at radius 1 is 0.850 bits per heavy atom. The predicted molar refractivity (Wildman–Crippen MR) is 63.5 cm³/mol. The Labute approximate surface area is 112 Å². The van der Waals surface area contributed by atoms with Gasteiger partial charge in [0.15, 0.2) is 0 Å². The van der Waals surface area contributed by atoms with Crippen molar-refractivity contribution in [3.63, 3.8) is 0 Å². The molecule has 0 spiro atoms. The second-order valence-corrected chi connectivity index (χ2v) is 4.05. The lowest BCUT2D eigenvalue weighted by atomic mass is 10.0. The van der Waals surface area contributed by atoms with Gasteiger partial charge in [-0.2, -0.15) is 8.78 Å². The second kappa shape index (κ2) is 5.92. The van der Waals surface area contributed by atoms with Gasteiger partial charge < -0.3 is 9.84 Å². The van der Waals surface area contributed by atoms with Crippen molar-refractivity contribution in [1.82, 2.24) is 0 Å². The summed E-state index contributed by atoms with van der Waals surface area (Å²) in [6.07, 6.45) is -1.26. The third-order valence-electron chi connectivity index (χ3n) is 2.62. The molecule has 6 heteroatoms. The van der Waals surface area contributed by atoms with Crippen LogP contribution in [0.3, 0.4) is 0 Å². The van der Waals surface area contributed by atoms with E-state index in [9.17, 15) is 22.7 Å². The largest absolute Gasteiger partial charge is 0.435 e. The highest BCUT2D eigenvalue weighted by Crippen LogP contribution is 2.25. The van der Waals surface area contributed by atoms with Crippen molar-refractivity contribution in [2.75, 3.05) is 0 Å². The molecule has 20 heavy (non-hydrogen) atoms. The third kappa shape index (κ3) is 3.48. The number of aliphatic hydroxyl groups is 1. The molecule has 0 aliphatic rings. The van der Waals surface area contributed by atoms with Crippen molar-refractivity contribution < 1.29 is 27.4 Å². The van der Waals surface area contributed by atoms with Gasteiger partial charge in [-0.3, -0.25) is 0 Å². The summed E-state index contributed by atoms with van der Waals surface area (Å²) in [5.41, 5.74) is 0.335. The van der Waals surface area contributed by atoms with Crippen LogP contribution in [0.2, 0.25) is 0 Å². The zero-order valence-electron chi connectivity index (χ0n) is 10.1. The summed E-state index contributed by atoms with van der Waals surface area (Å²) in [5.74, 6) is -1.69. The highest BCUT2D eigenvalue weighted by Gasteiger charge is 2.13. The molecule has 0 bridgehead atoms. The summed E-state index contributed by atoms with van der Waals surface area (Å²) in [6.45, 7) is -2.94. The van der Waals surface area contributed by atoms with Crippen LogP contribution in [-0.2, 0) is 0 Å². The standard InChI is InChI=1S/C14H10F4O2/c15-10-5-9(6-11(16)7-10)13(19)8-1-3-12(4-2-8)20-14(17)18/h1-7,13-14,19H. The molecule has 0 aliphatic carbocycles. The Kier molecular flexibility index (Phi) is 4.24. The van der Waals surface area contributed by atoms with Gasteiger partial charge in [0.05, 0.1) is 0 Å². The minimum atomic E-state index is -2.94. The Bertz CT molecular complexity index is 564. The summed E-state index contributed by atoms with van der Waals surface area (Å²) in [4.78, 5) is 0. The van der Waals surface area contributed by atoms with Crippen LogP contribution in [0.5, 0.6) is 5.75 Å². The maximum Gasteiger partial charge on any atom is 0.387 e. The molecule has 0 heterocycles. The van der Waals surface area contributed by atoms with E-state index >= 15 is 0 Å². The molecule has 0 aliphatic heterocycles. The topological polar surface area (TPSA) is 29.5 Å². The Hall–Kier alpha value is -2.08. The molecule has 0 saturated heterocycles. The monoisotopic (exact) mass is 286 g/mol. The first-order chi connectivity index (χ1) is 9.45. The molecule has 0 radical (unpaired) electrons. The normalized spacial score (nSPS) is 12.5. The number of alkyl halides is 2. The van der Waals surface area contributed by atoms with Gasteiger partial charge in [0, 0.05) is 6.07 Å². The van der Waals surface area contributed by atoms with Crippen LogP contribution >= 0.6 is 0 Å². The van der Waals surface area contributed by atoms with Crippen LogP contribution in [0, 0.1) is 11.6 Å². The van der Waals surface area contributed by atoms with Gasteiger partial charge in [-0.25, -0.2) is 8.78 Å². The van der Waals surface area contributed by atoms with Crippen molar-refractivity contribution in [3.05, 3.63) is 65.2 Å². The number of benzene rings is 2. The molecule has 0 saturated carbocycles. The lowest BCUT2D eigenvalue weighted by Crippen LogP contribution is -2.03. The number of aliphatic hydroxyl groups excluding tert-OH is 1. The van der Waals surface area contributed by atoms with Gasteiger partial charge >= 0.3 is 6.61 Å². The highest BCUT2D eigenvalue weighted by molar-refractivity contribution is 5.34. The Balaban J connectivity index is 2.22.